The van der Waals surface area contributed by atoms with Crippen LogP contribution in [0.5, 0.6) is 5.75 Å². The summed E-state index contributed by atoms with van der Waals surface area (Å²) in [4.78, 5) is 12.4. The molecule has 0 bridgehead atoms. The molecule has 0 aliphatic heterocycles. The number of aromatic nitrogens is 1. The highest BCUT2D eigenvalue weighted by molar-refractivity contribution is 6.09. The Kier molecular flexibility index (Phi) is 5.41. The summed E-state index contributed by atoms with van der Waals surface area (Å²) >= 11 is 0. The Morgan fingerprint density at radius 1 is 1.10 bits per heavy atom. The zero-order chi connectivity index (χ0) is 21.0. The Labute approximate surface area is 163 Å². The van der Waals surface area contributed by atoms with E-state index in [0.717, 1.165) is 12.1 Å². The summed E-state index contributed by atoms with van der Waals surface area (Å²) in [5.74, 6) is -0.735. The first-order chi connectivity index (χ1) is 13.8. The average molecular weight is 397 g/mol. The first kappa shape index (κ1) is 19.8. The molecule has 0 saturated carbocycles. The van der Waals surface area contributed by atoms with Crippen molar-refractivity contribution in [1.82, 2.24) is 4.57 Å². The SMILES string of the molecule is N#C/C(=C/c1cccn1-c1ccc(O)cc1)C(=O)Nc1cccc(C(F)(F)F)c1. The molecule has 0 saturated heterocycles. The number of hydrogen-bond donors (Lipinski definition) is 2. The summed E-state index contributed by atoms with van der Waals surface area (Å²) in [6.45, 7) is 0. The quantitative estimate of drug-likeness (QED) is 0.493. The Balaban J connectivity index is 1.86. The number of hydrogen-bond acceptors (Lipinski definition) is 3. The predicted molar refractivity (Wildman–Crippen MR) is 101 cm³/mol. The van der Waals surface area contributed by atoms with Crippen LogP contribution in [0.1, 0.15) is 11.3 Å². The van der Waals surface area contributed by atoms with Crippen LogP contribution in [0.4, 0.5) is 18.9 Å². The highest BCUT2D eigenvalue weighted by Crippen LogP contribution is 2.30. The van der Waals surface area contributed by atoms with Crippen LogP contribution >= 0.6 is 0 Å². The molecular weight excluding hydrogens is 383 g/mol. The molecule has 5 nitrogen and oxygen atoms in total. The number of rotatable bonds is 4. The molecular formula is C21H14F3N3O2. The van der Waals surface area contributed by atoms with Crippen molar-refractivity contribution in [2.45, 2.75) is 6.18 Å². The molecule has 0 atom stereocenters. The van der Waals surface area contributed by atoms with Crippen LogP contribution in [0.3, 0.4) is 0 Å². The molecule has 1 aromatic heterocycles. The van der Waals surface area contributed by atoms with Gasteiger partial charge in [-0.25, -0.2) is 0 Å². The normalized spacial score (nSPS) is 11.7. The largest absolute Gasteiger partial charge is 0.508 e. The molecule has 3 rings (SSSR count). The second-order valence-electron chi connectivity index (χ2n) is 6.02. The van der Waals surface area contributed by atoms with E-state index in [4.69, 9.17) is 0 Å². The summed E-state index contributed by atoms with van der Waals surface area (Å²) < 4.78 is 40.1. The monoisotopic (exact) mass is 397 g/mol. The van der Waals surface area contributed by atoms with E-state index in [2.05, 4.69) is 5.32 Å². The smallest absolute Gasteiger partial charge is 0.416 e. The fourth-order valence-corrected chi connectivity index (χ4v) is 2.63. The van der Waals surface area contributed by atoms with Crippen LogP contribution in [-0.4, -0.2) is 15.6 Å². The average Bonchev–Trinajstić information content (AvgIpc) is 3.14. The Hall–Kier alpha value is -3.99. The number of anilines is 1. The van der Waals surface area contributed by atoms with Gasteiger partial charge in [-0.3, -0.25) is 4.79 Å². The number of phenolic OH excluding ortho intramolecular Hbond substituents is 1. The molecule has 0 aliphatic carbocycles. The van der Waals surface area contributed by atoms with Gasteiger partial charge in [0.05, 0.1) is 5.56 Å². The second-order valence-corrected chi connectivity index (χ2v) is 6.02. The molecule has 3 aromatic rings. The Morgan fingerprint density at radius 3 is 2.48 bits per heavy atom. The molecule has 146 valence electrons. The van der Waals surface area contributed by atoms with Gasteiger partial charge >= 0.3 is 6.18 Å². The van der Waals surface area contributed by atoms with Gasteiger partial charge < -0.3 is 15.0 Å². The van der Waals surface area contributed by atoms with E-state index in [1.54, 1.807) is 41.1 Å². The second kappa shape index (κ2) is 7.94. The fraction of sp³-hybridized carbons (Fsp3) is 0.0476. The molecule has 8 heteroatoms. The van der Waals surface area contributed by atoms with Gasteiger partial charge in [0.25, 0.3) is 5.91 Å². The first-order valence-corrected chi connectivity index (χ1v) is 8.35. The van der Waals surface area contributed by atoms with Crippen LogP contribution in [-0.2, 0) is 11.0 Å². The summed E-state index contributed by atoms with van der Waals surface area (Å²) in [5.41, 5.74) is -0.0546. The molecule has 29 heavy (non-hydrogen) atoms. The van der Waals surface area contributed by atoms with Crippen LogP contribution in [0.25, 0.3) is 11.8 Å². The molecule has 2 aromatic carbocycles. The Bertz CT molecular complexity index is 1110. The van der Waals surface area contributed by atoms with E-state index in [1.165, 1.54) is 30.3 Å². The number of aromatic hydroxyl groups is 1. The van der Waals surface area contributed by atoms with Crippen molar-refractivity contribution in [1.29, 1.82) is 5.26 Å². The molecule has 1 heterocycles. The maximum absolute atomic E-state index is 12.8. The van der Waals surface area contributed by atoms with Gasteiger partial charge in [-0.15, -0.1) is 0 Å². The zero-order valence-electron chi connectivity index (χ0n) is 14.8. The summed E-state index contributed by atoms with van der Waals surface area (Å²) in [7, 11) is 0. The van der Waals surface area contributed by atoms with Gasteiger partial charge in [0.1, 0.15) is 17.4 Å². The maximum atomic E-state index is 12.8. The number of alkyl halides is 3. The molecule has 0 unspecified atom stereocenters. The van der Waals surface area contributed by atoms with Crippen LogP contribution < -0.4 is 5.32 Å². The van der Waals surface area contributed by atoms with Crippen molar-refractivity contribution >= 4 is 17.7 Å². The number of nitrogens with one attached hydrogen (secondary N) is 1. The van der Waals surface area contributed by atoms with E-state index >= 15 is 0 Å². The molecule has 1 amide bonds. The number of amides is 1. The zero-order valence-corrected chi connectivity index (χ0v) is 14.8. The third kappa shape index (κ3) is 4.65. The molecule has 2 N–H and O–H groups in total. The number of nitrogens with zero attached hydrogens (tertiary/aromatic N) is 2. The van der Waals surface area contributed by atoms with Crippen molar-refractivity contribution in [2.75, 3.05) is 5.32 Å². The Morgan fingerprint density at radius 2 is 1.83 bits per heavy atom. The number of carbonyl (C=O) groups excluding carboxylic acids is 1. The van der Waals surface area contributed by atoms with Crippen molar-refractivity contribution in [3.63, 3.8) is 0 Å². The maximum Gasteiger partial charge on any atom is 0.416 e. The number of phenols is 1. The number of nitriles is 1. The van der Waals surface area contributed by atoms with Crippen molar-refractivity contribution < 1.29 is 23.1 Å². The van der Waals surface area contributed by atoms with E-state index in [-0.39, 0.29) is 17.0 Å². The summed E-state index contributed by atoms with van der Waals surface area (Å²) in [5, 5.41) is 21.1. The molecule has 0 fully saturated rings. The van der Waals surface area contributed by atoms with Crippen LogP contribution in [0, 0.1) is 11.3 Å². The minimum absolute atomic E-state index is 0.0695. The lowest BCUT2D eigenvalue weighted by Crippen LogP contribution is -2.14. The van der Waals surface area contributed by atoms with Crippen molar-refractivity contribution in [3.8, 4) is 17.5 Å². The number of benzene rings is 2. The lowest BCUT2D eigenvalue weighted by atomic mass is 10.1. The third-order valence-electron chi connectivity index (χ3n) is 4.01. The minimum atomic E-state index is -4.54. The van der Waals surface area contributed by atoms with E-state index in [1.807, 2.05) is 0 Å². The lowest BCUT2D eigenvalue weighted by molar-refractivity contribution is -0.137. The topological polar surface area (TPSA) is 78.1 Å². The molecule has 0 aliphatic rings. The third-order valence-corrected chi connectivity index (χ3v) is 4.01. The van der Waals surface area contributed by atoms with Crippen LogP contribution in [0.15, 0.2) is 72.4 Å². The van der Waals surface area contributed by atoms with Gasteiger partial charge in [0.15, 0.2) is 0 Å². The van der Waals surface area contributed by atoms with E-state index in [9.17, 15) is 28.3 Å². The minimum Gasteiger partial charge on any atom is -0.508 e. The van der Waals surface area contributed by atoms with Gasteiger partial charge in [-0.1, -0.05) is 6.07 Å². The van der Waals surface area contributed by atoms with Gasteiger partial charge in [-0.05, 0) is 60.7 Å². The highest BCUT2D eigenvalue weighted by atomic mass is 19.4. The van der Waals surface area contributed by atoms with E-state index in [0.29, 0.717) is 11.4 Å². The number of carbonyl (C=O) groups is 1. The van der Waals surface area contributed by atoms with Crippen LogP contribution in [0.2, 0.25) is 0 Å². The predicted octanol–water partition coefficient (Wildman–Crippen LogP) is 4.75. The molecule has 0 radical (unpaired) electrons. The summed E-state index contributed by atoms with van der Waals surface area (Å²) in [6, 6.07) is 15.6. The van der Waals surface area contributed by atoms with Gasteiger partial charge in [0.2, 0.25) is 0 Å². The van der Waals surface area contributed by atoms with Crippen molar-refractivity contribution in [3.05, 3.63) is 83.7 Å². The van der Waals surface area contributed by atoms with Crippen molar-refractivity contribution in [2.24, 2.45) is 0 Å². The van der Waals surface area contributed by atoms with Gasteiger partial charge in [-0.2, -0.15) is 18.4 Å². The number of halogens is 3. The lowest BCUT2D eigenvalue weighted by Gasteiger charge is -2.10. The standard InChI is InChI=1S/C21H14F3N3O2/c22-21(23,24)15-3-1-4-16(12-15)26-20(29)14(13-25)11-18-5-2-10-27(18)17-6-8-19(28)9-7-17/h1-12,28H,(H,26,29)/b14-11-. The molecule has 0 spiro atoms. The van der Waals surface area contributed by atoms with E-state index < -0.39 is 17.6 Å². The van der Waals surface area contributed by atoms with Gasteiger partial charge in [0, 0.05) is 23.3 Å². The highest BCUT2D eigenvalue weighted by Gasteiger charge is 2.30. The fourth-order valence-electron chi connectivity index (χ4n) is 2.63. The summed E-state index contributed by atoms with van der Waals surface area (Å²) in [6.07, 6.45) is -1.51. The first-order valence-electron chi connectivity index (χ1n) is 8.35.